The molecule has 0 bridgehead atoms. The molecule has 0 spiro atoms. The Balaban J connectivity index is 5.26. The third-order valence-electron chi connectivity index (χ3n) is 15.6. The average molecular weight is 1280 g/mol. The van der Waals surface area contributed by atoms with Gasteiger partial charge in [-0.05, 0) is 49.4 Å². The molecular formula is C68H132O17P2. The molecule has 0 saturated carbocycles. The van der Waals surface area contributed by atoms with Crippen LogP contribution in [0.15, 0.2) is 0 Å². The molecule has 0 amide bonds. The summed E-state index contributed by atoms with van der Waals surface area (Å²) in [6.07, 6.45) is 39.1. The zero-order chi connectivity index (χ0) is 64.7. The predicted molar refractivity (Wildman–Crippen MR) is 349 cm³/mol. The molecule has 17 nitrogen and oxygen atoms in total. The molecule has 0 aliphatic carbocycles. The maximum atomic E-state index is 13.0. The van der Waals surface area contributed by atoms with Crippen molar-refractivity contribution in [3.05, 3.63) is 0 Å². The van der Waals surface area contributed by atoms with Crippen LogP contribution in [0.3, 0.4) is 0 Å². The molecule has 0 rings (SSSR count). The fraction of sp³-hybridized carbons (Fsp3) is 0.941. The Morgan fingerprint density at radius 3 is 0.713 bits per heavy atom. The van der Waals surface area contributed by atoms with E-state index in [1.54, 1.807) is 0 Å². The van der Waals surface area contributed by atoms with E-state index < -0.39 is 97.5 Å². The fourth-order valence-electron chi connectivity index (χ4n) is 10.1. The molecule has 0 fully saturated rings. The highest BCUT2D eigenvalue weighted by molar-refractivity contribution is 7.47. The number of hydrogen-bond acceptors (Lipinski definition) is 15. The highest BCUT2D eigenvalue weighted by Gasteiger charge is 2.30. The van der Waals surface area contributed by atoms with Crippen molar-refractivity contribution in [1.82, 2.24) is 0 Å². The van der Waals surface area contributed by atoms with Gasteiger partial charge in [-0.15, -0.1) is 0 Å². The number of carbonyl (C=O) groups excluding carboxylic acids is 4. The largest absolute Gasteiger partial charge is 0.472 e. The SMILES string of the molecule is CC(C)CCCCCCCCCCCCC(=O)OC[C@H](COP(=O)(O)OC[C@@H](O)COP(=O)(O)OC[C@@H](COC(=O)CCCCCCCCC(C)C)OC(=O)CCCCCCCCCCCC(C)C)OC(=O)CCCCCCCCCCCCC(C)C. The van der Waals surface area contributed by atoms with Gasteiger partial charge in [-0.2, -0.15) is 0 Å². The lowest BCUT2D eigenvalue weighted by atomic mass is 10.0. The lowest BCUT2D eigenvalue weighted by Gasteiger charge is -2.21. The number of esters is 4. The van der Waals surface area contributed by atoms with Crippen molar-refractivity contribution >= 4 is 39.5 Å². The highest BCUT2D eigenvalue weighted by atomic mass is 31.2. The standard InChI is InChI=1S/C68H132O17P2/c1-58(2)44-36-28-20-14-9-11-17-23-32-40-48-65(70)78-54-63(84-67(72)50-42-34-24-18-12-10-15-21-29-37-45-59(3)4)56-82-86(74,75)80-52-62(69)53-81-87(76,77)83-57-64(55-79-66(71)49-41-33-27-26-31-39-47-61(7)8)85-68(73)51-43-35-25-19-13-16-22-30-38-46-60(5)6/h58-64,69H,9-57H2,1-8H3,(H,74,75)(H,76,77)/t62-,63-,64-/m1/s1. The van der Waals surface area contributed by atoms with Gasteiger partial charge in [0.25, 0.3) is 0 Å². The smallest absolute Gasteiger partial charge is 0.462 e. The van der Waals surface area contributed by atoms with Gasteiger partial charge in [-0.1, -0.05) is 280 Å². The summed E-state index contributed by atoms with van der Waals surface area (Å²) in [7, 11) is -9.90. The maximum Gasteiger partial charge on any atom is 0.472 e. The van der Waals surface area contributed by atoms with Gasteiger partial charge < -0.3 is 33.8 Å². The summed E-state index contributed by atoms with van der Waals surface area (Å²) in [5.41, 5.74) is 0. The number of phosphoric acid groups is 2. The second-order valence-electron chi connectivity index (χ2n) is 26.5. The van der Waals surface area contributed by atoms with E-state index in [4.69, 9.17) is 37.0 Å². The zero-order valence-corrected chi connectivity index (χ0v) is 58.4. The molecule has 0 heterocycles. The van der Waals surface area contributed by atoms with E-state index in [2.05, 4.69) is 55.4 Å². The molecule has 3 N–H and O–H groups in total. The van der Waals surface area contributed by atoms with E-state index in [1.165, 1.54) is 128 Å². The minimum Gasteiger partial charge on any atom is -0.462 e. The maximum absolute atomic E-state index is 13.0. The number of carbonyl (C=O) groups is 4. The molecule has 87 heavy (non-hydrogen) atoms. The third kappa shape index (κ3) is 62.6. The van der Waals surface area contributed by atoms with Gasteiger partial charge in [-0.25, -0.2) is 9.13 Å². The molecule has 0 aliphatic rings. The second kappa shape index (κ2) is 57.9. The molecule has 2 unspecified atom stereocenters. The van der Waals surface area contributed by atoms with E-state index in [1.807, 2.05) is 0 Å². The molecular weight excluding hydrogens is 1150 g/mol. The van der Waals surface area contributed by atoms with Crippen molar-refractivity contribution in [2.45, 2.75) is 350 Å². The van der Waals surface area contributed by atoms with Gasteiger partial charge in [0, 0.05) is 25.7 Å². The van der Waals surface area contributed by atoms with Gasteiger partial charge in [0.2, 0.25) is 0 Å². The fourth-order valence-corrected chi connectivity index (χ4v) is 11.7. The van der Waals surface area contributed by atoms with Crippen molar-refractivity contribution in [2.24, 2.45) is 23.7 Å². The van der Waals surface area contributed by atoms with Crippen molar-refractivity contribution in [3.8, 4) is 0 Å². The molecule has 0 radical (unpaired) electrons. The summed E-state index contributed by atoms with van der Waals surface area (Å²) < 4.78 is 68.2. The van der Waals surface area contributed by atoms with Crippen LogP contribution < -0.4 is 0 Å². The highest BCUT2D eigenvalue weighted by Crippen LogP contribution is 2.45. The summed E-state index contributed by atoms with van der Waals surface area (Å²) in [6.45, 7) is 14.0. The van der Waals surface area contributed by atoms with E-state index in [-0.39, 0.29) is 25.7 Å². The van der Waals surface area contributed by atoms with Crippen LogP contribution in [0.4, 0.5) is 0 Å². The van der Waals surface area contributed by atoms with E-state index in [0.717, 1.165) is 114 Å². The summed E-state index contributed by atoms with van der Waals surface area (Å²) >= 11 is 0. The van der Waals surface area contributed by atoms with Crippen LogP contribution in [0.1, 0.15) is 331 Å². The normalized spacial score (nSPS) is 14.3. The first-order chi connectivity index (χ1) is 41.6. The number of phosphoric ester groups is 2. The first-order valence-electron chi connectivity index (χ1n) is 35.2. The van der Waals surface area contributed by atoms with Crippen molar-refractivity contribution in [2.75, 3.05) is 39.6 Å². The van der Waals surface area contributed by atoms with Gasteiger partial charge in [0.05, 0.1) is 26.4 Å². The van der Waals surface area contributed by atoms with Crippen LogP contribution in [-0.2, 0) is 65.4 Å². The van der Waals surface area contributed by atoms with Crippen LogP contribution in [0.25, 0.3) is 0 Å². The number of hydrogen-bond donors (Lipinski definition) is 3. The summed E-state index contributed by atoms with van der Waals surface area (Å²) in [6, 6.07) is 0. The van der Waals surface area contributed by atoms with Crippen LogP contribution in [0.2, 0.25) is 0 Å². The van der Waals surface area contributed by atoms with E-state index >= 15 is 0 Å². The lowest BCUT2D eigenvalue weighted by Crippen LogP contribution is -2.30. The minimum absolute atomic E-state index is 0.104. The Bertz CT molecular complexity index is 1730. The van der Waals surface area contributed by atoms with Crippen molar-refractivity contribution in [3.63, 3.8) is 0 Å². The Morgan fingerprint density at radius 2 is 0.483 bits per heavy atom. The molecule has 516 valence electrons. The topological polar surface area (TPSA) is 237 Å². The van der Waals surface area contributed by atoms with Crippen molar-refractivity contribution < 1.29 is 80.2 Å². The first kappa shape index (κ1) is 85.1. The molecule has 0 aromatic heterocycles. The van der Waals surface area contributed by atoms with Crippen LogP contribution in [0.5, 0.6) is 0 Å². The molecule has 0 saturated heterocycles. The van der Waals surface area contributed by atoms with E-state index in [9.17, 15) is 43.2 Å². The number of aliphatic hydroxyl groups is 1. The lowest BCUT2D eigenvalue weighted by molar-refractivity contribution is -0.161. The number of rotatable bonds is 65. The van der Waals surface area contributed by atoms with Crippen molar-refractivity contribution in [1.29, 1.82) is 0 Å². The first-order valence-corrected chi connectivity index (χ1v) is 38.2. The molecule has 0 aromatic carbocycles. The molecule has 19 heteroatoms. The third-order valence-corrected chi connectivity index (χ3v) is 17.5. The number of unbranched alkanes of at least 4 members (excludes halogenated alkanes) is 31. The summed E-state index contributed by atoms with van der Waals surface area (Å²) in [4.78, 5) is 72.4. The van der Waals surface area contributed by atoms with Crippen LogP contribution in [0, 0.1) is 23.7 Å². The Kier molecular flexibility index (Phi) is 56.6. The van der Waals surface area contributed by atoms with Crippen LogP contribution in [-0.4, -0.2) is 96.7 Å². The number of ether oxygens (including phenoxy) is 4. The second-order valence-corrected chi connectivity index (χ2v) is 29.4. The molecule has 0 aliphatic heterocycles. The zero-order valence-electron chi connectivity index (χ0n) is 56.6. The van der Waals surface area contributed by atoms with Gasteiger partial charge in [0.15, 0.2) is 12.2 Å². The molecule has 0 aromatic rings. The Labute approximate surface area is 530 Å². The number of aliphatic hydroxyl groups excluding tert-OH is 1. The monoisotopic (exact) mass is 1280 g/mol. The summed E-state index contributed by atoms with van der Waals surface area (Å²) in [5, 5.41) is 10.6. The van der Waals surface area contributed by atoms with E-state index in [0.29, 0.717) is 31.6 Å². The Morgan fingerprint density at radius 1 is 0.287 bits per heavy atom. The van der Waals surface area contributed by atoms with Gasteiger partial charge in [0.1, 0.15) is 19.3 Å². The minimum atomic E-state index is -4.95. The predicted octanol–water partition coefficient (Wildman–Crippen LogP) is 18.9. The van der Waals surface area contributed by atoms with Crippen LogP contribution >= 0.6 is 15.6 Å². The van der Waals surface area contributed by atoms with Gasteiger partial charge in [-0.3, -0.25) is 37.3 Å². The Hall–Kier alpha value is -1.94. The average Bonchev–Trinajstić information content (AvgIpc) is 3.50. The molecule has 5 atom stereocenters. The van der Waals surface area contributed by atoms with Gasteiger partial charge >= 0.3 is 39.5 Å². The quantitative estimate of drug-likeness (QED) is 0.0222. The summed E-state index contributed by atoms with van der Waals surface area (Å²) in [5.74, 6) is 0.792.